The number of aromatic nitrogens is 1. The number of nitrogens with zero attached hydrogens (tertiary/aromatic N) is 2. The average molecular weight is 234 g/mol. The van der Waals surface area contributed by atoms with Gasteiger partial charge in [-0.3, -0.25) is 4.79 Å². The second kappa shape index (κ2) is 4.84. The van der Waals surface area contributed by atoms with Gasteiger partial charge in [0.15, 0.2) is 0 Å². The van der Waals surface area contributed by atoms with E-state index < -0.39 is 0 Å². The van der Waals surface area contributed by atoms with Gasteiger partial charge < -0.3 is 10.0 Å². The van der Waals surface area contributed by atoms with Crippen LogP contribution in [-0.4, -0.2) is 40.1 Å². The number of amides is 1. The highest BCUT2D eigenvalue weighted by atomic mass is 16.3. The molecule has 2 atom stereocenters. The second-order valence-electron chi connectivity index (χ2n) is 4.68. The van der Waals surface area contributed by atoms with Crippen LogP contribution in [0.1, 0.15) is 29.5 Å². The summed E-state index contributed by atoms with van der Waals surface area (Å²) in [5.74, 6) is 0.283. The molecular weight excluding hydrogens is 216 g/mol. The molecule has 0 spiro atoms. The van der Waals surface area contributed by atoms with Crippen LogP contribution >= 0.6 is 0 Å². The molecule has 4 nitrogen and oxygen atoms in total. The van der Waals surface area contributed by atoms with Crippen molar-refractivity contribution in [2.24, 2.45) is 5.92 Å². The molecule has 1 aliphatic rings. The van der Waals surface area contributed by atoms with E-state index in [1.54, 1.807) is 11.0 Å². The summed E-state index contributed by atoms with van der Waals surface area (Å²) in [4.78, 5) is 18.2. The van der Waals surface area contributed by atoms with Gasteiger partial charge in [0.2, 0.25) is 0 Å². The van der Waals surface area contributed by atoms with Gasteiger partial charge >= 0.3 is 0 Å². The first-order valence-electron chi connectivity index (χ1n) is 5.99. The maximum Gasteiger partial charge on any atom is 0.272 e. The van der Waals surface area contributed by atoms with E-state index in [-0.39, 0.29) is 18.6 Å². The van der Waals surface area contributed by atoms with Crippen LogP contribution in [0.4, 0.5) is 0 Å². The Morgan fingerprint density at radius 2 is 2.35 bits per heavy atom. The first-order chi connectivity index (χ1) is 8.13. The van der Waals surface area contributed by atoms with E-state index in [1.165, 1.54) is 0 Å². The Hall–Kier alpha value is -1.42. The summed E-state index contributed by atoms with van der Waals surface area (Å²) < 4.78 is 0. The van der Waals surface area contributed by atoms with Gasteiger partial charge in [0.1, 0.15) is 5.69 Å². The highest BCUT2D eigenvalue weighted by molar-refractivity contribution is 5.92. The largest absolute Gasteiger partial charge is 0.394 e. The van der Waals surface area contributed by atoms with Crippen LogP contribution in [0.3, 0.4) is 0 Å². The zero-order valence-electron chi connectivity index (χ0n) is 10.3. The van der Waals surface area contributed by atoms with Gasteiger partial charge in [-0.2, -0.15) is 0 Å². The van der Waals surface area contributed by atoms with Crippen molar-refractivity contribution in [2.45, 2.75) is 26.3 Å². The highest BCUT2D eigenvalue weighted by Crippen LogP contribution is 2.24. The Morgan fingerprint density at radius 1 is 1.59 bits per heavy atom. The van der Waals surface area contributed by atoms with Crippen molar-refractivity contribution in [1.82, 2.24) is 9.88 Å². The van der Waals surface area contributed by atoms with Gasteiger partial charge in [-0.1, -0.05) is 13.0 Å². The Bertz CT molecular complexity index is 420. The molecule has 1 saturated heterocycles. The first-order valence-corrected chi connectivity index (χ1v) is 5.99. The standard InChI is InChI=1S/C13H18N2O2/c1-9-6-7-15(12(9)8-16)13(17)11-5-3-4-10(2)14-11/h3-5,9,12,16H,6-8H2,1-2H3. The van der Waals surface area contributed by atoms with E-state index in [4.69, 9.17) is 0 Å². The highest BCUT2D eigenvalue weighted by Gasteiger charge is 2.34. The van der Waals surface area contributed by atoms with Crippen molar-refractivity contribution in [1.29, 1.82) is 0 Å². The summed E-state index contributed by atoms with van der Waals surface area (Å²) in [6.07, 6.45) is 0.947. The summed E-state index contributed by atoms with van der Waals surface area (Å²) in [5.41, 5.74) is 1.31. The topological polar surface area (TPSA) is 53.4 Å². The average Bonchev–Trinajstić information content (AvgIpc) is 2.69. The van der Waals surface area contributed by atoms with Crippen LogP contribution < -0.4 is 0 Å². The summed E-state index contributed by atoms with van der Waals surface area (Å²) in [6, 6.07) is 5.37. The molecule has 0 bridgehead atoms. The van der Waals surface area contributed by atoms with E-state index in [9.17, 15) is 9.90 Å². The molecule has 0 saturated carbocycles. The monoisotopic (exact) mass is 234 g/mol. The Kier molecular flexibility index (Phi) is 3.43. The lowest BCUT2D eigenvalue weighted by Gasteiger charge is -2.24. The normalized spacial score (nSPS) is 24.1. The van der Waals surface area contributed by atoms with Crippen LogP contribution in [0, 0.1) is 12.8 Å². The molecular formula is C13H18N2O2. The molecule has 2 heterocycles. The quantitative estimate of drug-likeness (QED) is 0.837. The molecule has 0 radical (unpaired) electrons. The minimum Gasteiger partial charge on any atom is -0.394 e. The van der Waals surface area contributed by atoms with Crippen molar-refractivity contribution in [3.8, 4) is 0 Å². The van der Waals surface area contributed by atoms with E-state index in [1.807, 2.05) is 19.1 Å². The number of hydrogen-bond donors (Lipinski definition) is 1. The molecule has 4 heteroatoms. The third-order valence-corrected chi connectivity index (χ3v) is 3.44. The number of aliphatic hydroxyl groups is 1. The lowest BCUT2D eigenvalue weighted by molar-refractivity contribution is 0.0642. The van der Waals surface area contributed by atoms with Gasteiger partial charge in [-0.25, -0.2) is 4.98 Å². The minimum atomic E-state index is -0.0721. The van der Waals surface area contributed by atoms with Gasteiger partial charge in [-0.05, 0) is 31.4 Å². The molecule has 0 aromatic carbocycles. The van der Waals surface area contributed by atoms with Crippen LogP contribution in [0.15, 0.2) is 18.2 Å². The van der Waals surface area contributed by atoms with E-state index in [0.29, 0.717) is 18.2 Å². The van der Waals surface area contributed by atoms with Crippen LogP contribution in [0.5, 0.6) is 0 Å². The number of likely N-dealkylation sites (tertiary alicyclic amines) is 1. The molecule has 1 aromatic heterocycles. The third-order valence-electron chi connectivity index (χ3n) is 3.44. The van der Waals surface area contributed by atoms with Crippen LogP contribution in [0.25, 0.3) is 0 Å². The van der Waals surface area contributed by atoms with Gasteiger partial charge in [0.25, 0.3) is 5.91 Å². The zero-order valence-corrected chi connectivity index (χ0v) is 10.3. The Balaban J connectivity index is 2.20. The number of hydrogen-bond acceptors (Lipinski definition) is 3. The Labute approximate surface area is 101 Å². The maximum atomic E-state index is 12.3. The summed E-state index contributed by atoms with van der Waals surface area (Å²) in [5, 5.41) is 9.34. The number of pyridine rings is 1. The van der Waals surface area contributed by atoms with Crippen molar-refractivity contribution in [3.05, 3.63) is 29.6 Å². The fourth-order valence-corrected chi connectivity index (χ4v) is 2.35. The molecule has 17 heavy (non-hydrogen) atoms. The van der Waals surface area contributed by atoms with Gasteiger partial charge in [-0.15, -0.1) is 0 Å². The molecule has 2 rings (SSSR count). The van der Waals surface area contributed by atoms with Gasteiger partial charge in [0, 0.05) is 12.2 Å². The summed E-state index contributed by atoms with van der Waals surface area (Å²) in [6.45, 7) is 4.67. The van der Waals surface area contributed by atoms with Crippen molar-refractivity contribution in [3.63, 3.8) is 0 Å². The number of aryl methyl sites for hydroxylation is 1. The number of rotatable bonds is 2. The van der Waals surface area contributed by atoms with Crippen molar-refractivity contribution in [2.75, 3.05) is 13.2 Å². The van der Waals surface area contributed by atoms with Crippen molar-refractivity contribution >= 4 is 5.91 Å². The predicted octanol–water partition coefficient (Wildman–Crippen LogP) is 1.23. The lowest BCUT2D eigenvalue weighted by Crippen LogP contribution is -2.40. The molecule has 2 unspecified atom stereocenters. The predicted molar refractivity (Wildman–Crippen MR) is 64.7 cm³/mol. The summed E-state index contributed by atoms with van der Waals surface area (Å²) in [7, 11) is 0. The fourth-order valence-electron chi connectivity index (χ4n) is 2.35. The van der Waals surface area contributed by atoms with E-state index >= 15 is 0 Å². The van der Waals surface area contributed by atoms with Gasteiger partial charge in [0.05, 0.1) is 12.6 Å². The first kappa shape index (κ1) is 12.0. The van der Waals surface area contributed by atoms with Crippen molar-refractivity contribution < 1.29 is 9.90 Å². The number of aliphatic hydroxyl groups excluding tert-OH is 1. The second-order valence-corrected chi connectivity index (χ2v) is 4.68. The minimum absolute atomic E-state index is 0.0265. The zero-order chi connectivity index (χ0) is 12.4. The summed E-state index contributed by atoms with van der Waals surface area (Å²) >= 11 is 0. The molecule has 92 valence electrons. The van der Waals surface area contributed by atoms with E-state index in [0.717, 1.165) is 12.1 Å². The van der Waals surface area contributed by atoms with Crippen LogP contribution in [-0.2, 0) is 0 Å². The maximum absolute atomic E-state index is 12.3. The molecule has 1 aromatic rings. The molecule has 1 amide bonds. The smallest absolute Gasteiger partial charge is 0.272 e. The number of carbonyl (C=O) groups excluding carboxylic acids is 1. The van der Waals surface area contributed by atoms with E-state index in [2.05, 4.69) is 11.9 Å². The molecule has 0 aliphatic carbocycles. The Morgan fingerprint density at radius 3 is 3.00 bits per heavy atom. The number of carbonyl (C=O) groups is 1. The molecule has 1 fully saturated rings. The SMILES string of the molecule is Cc1cccc(C(=O)N2CCC(C)C2CO)n1. The molecule has 1 aliphatic heterocycles. The van der Waals surface area contributed by atoms with Crippen LogP contribution in [0.2, 0.25) is 0 Å². The molecule has 1 N–H and O–H groups in total. The fraction of sp³-hybridized carbons (Fsp3) is 0.538. The third kappa shape index (κ3) is 2.31. The lowest BCUT2D eigenvalue weighted by atomic mass is 10.0.